The van der Waals surface area contributed by atoms with E-state index in [1.54, 1.807) is 4.90 Å². The predicted octanol–water partition coefficient (Wildman–Crippen LogP) is 2.41. The Labute approximate surface area is 163 Å². The fraction of sp³-hybridized carbons (Fsp3) is 0.286. The molecule has 2 aromatic carbocycles. The molecule has 7 heteroatoms. The van der Waals surface area contributed by atoms with E-state index in [0.29, 0.717) is 13.0 Å². The molecule has 1 aliphatic heterocycles. The normalized spacial score (nSPS) is 12.9. The molecule has 0 saturated carbocycles. The molecule has 0 atom stereocenters. The number of carbonyl (C=O) groups excluding carboxylic acids is 1. The zero-order valence-electron chi connectivity index (χ0n) is 16.1. The Morgan fingerprint density at radius 2 is 1.96 bits per heavy atom. The number of aromatic nitrogens is 2. The highest BCUT2D eigenvalue weighted by atomic mass is 16.3. The lowest BCUT2D eigenvalue weighted by molar-refractivity contribution is -0.129. The Morgan fingerprint density at radius 3 is 2.75 bits per heavy atom. The molecule has 28 heavy (non-hydrogen) atoms. The SMILES string of the molecule is CN1Cc2ccc(CN(C)C(=O)Cc3[nH]nc4ccccc34)cc2C1.O=CO. The molecule has 2 N–H and O–H groups in total. The van der Waals surface area contributed by atoms with E-state index in [-0.39, 0.29) is 12.4 Å². The van der Waals surface area contributed by atoms with Crippen LogP contribution in [0.1, 0.15) is 22.4 Å². The van der Waals surface area contributed by atoms with E-state index in [4.69, 9.17) is 9.90 Å². The third-order valence-electron chi connectivity index (χ3n) is 4.87. The molecule has 3 aromatic rings. The Bertz CT molecular complexity index is 983. The minimum Gasteiger partial charge on any atom is -0.483 e. The number of carboxylic acid groups (broad SMARTS) is 1. The van der Waals surface area contributed by atoms with Gasteiger partial charge >= 0.3 is 0 Å². The molecule has 0 bridgehead atoms. The van der Waals surface area contributed by atoms with Crippen LogP contribution in [0.15, 0.2) is 42.5 Å². The number of aromatic amines is 1. The maximum atomic E-state index is 12.6. The fourth-order valence-electron chi connectivity index (χ4n) is 3.51. The van der Waals surface area contributed by atoms with Crippen LogP contribution < -0.4 is 0 Å². The number of hydrogen-bond donors (Lipinski definition) is 2. The largest absolute Gasteiger partial charge is 0.483 e. The van der Waals surface area contributed by atoms with E-state index >= 15 is 0 Å². The van der Waals surface area contributed by atoms with Crippen molar-refractivity contribution < 1.29 is 14.7 Å². The maximum absolute atomic E-state index is 12.6. The molecule has 2 heterocycles. The molecule has 146 valence electrons. The summed E-state index contributed by atoms with van der Waals surface area (Å²) in [5.41, 5.74) is 5.72. The minimum absolute atomic E-state index is 0.0898. The summed E-state index contributed by atoms with van der Waals surface area (Å²) in [7, 11) is 3.99. The second-order valence-corrected chi connectivity index (χ2v) is 7.03. The zero-order chi connectivity index (χ0) is 20.1. The standard InChI is InChI=1S/C20H22N4O.CH2O2/c1-23-12-15-8-7-14(9-16(15)13-23)11-24(2)20(25)10-19-17-5-3-4-6-18(17)21-22-19;2-1-3/h3-9H,10-13H2,1-2H3,(H,21,22);1H,(H,2,3). The fourth-order valence-corrected chi connectivity index (χ4v) is 3.51. The number of nitrogens with zero attached hydrogens (tertiary/aromatic N) is 3. The summed E-state index contributed by atoms with van der Waals surface area (Å²) in [6.07, 6.45) is 0.338. The van der Waals surface area contributed by atoms with Crippen LogP contribution in [0.3, 0.4) is 0 Å². The van der Waals surface area contributed by atoms with Crippen LogP contribution in [0, 0.1) is 0 Å². The Kier molecular flexibility index (Phi) is 6.06. The molecule has 1 aliphatic rings. The lowest BCUT2D eigenvalue weighted by Crippen LogP contribution is -2.28. The van der Waals surface area contributed by atoms with Crippen LogP contribution in [-0.4, -0.2) is 51.6 Å². The molecule has 7 nitrogen and oxygen atoms in total. The number of amides is 1. The summed E-state index contributed by atoms with van der Waals surface area (Å²) in [6.45, 7) is 2.38. The third-order valence-corrected chi connectivity index (χ3v) is 4.87. The van der Waals surface area contributed by atoms with Crippen molar-refractivity contribution >= 4 is 23.3 Å². The van der Waals surface area contributed by atoms with Gasteiger partial charge in [-0.25, -0.2) is 0 Å². The van der Waals surface area contributed by atoms with Crippen LogP contribution in [0.4, 0.5) is 0 Å². The summed E-state index contributed by atoms with van der Waals surface area (Å²) < 4.78 is 0. The monoisotopic (exact) mass is 380 g/mol. The van der Waals surface area contributed by atoms with Crippen molar-refractivity contribution in [3.8, 4) is 0 Å². The van der Waals surface area contributed by atoms with Gasteiger partial charge in [0.05, 0.1) is 17.6 Å². The lowest BCUT2D eigenvalue weighted by atomic mass is 10.1. The van der Waals surface area contributed by atoms with Crippen LogP contribution in [0.5, 0.6) is 0 Å². The van der Waals surface area contributed by atoms with Crippen molar-refractivity contribution in [3.63, 3.8) is 0 Å². The average Bonchev–Trinajstić information content (AvgIpc) is 3.24. The number of H-pyrrole nitrogens is 1. The molecular weight excluding hydrogens is 356 g/mol. The Morgan fingerprint density at radius 1 is 1.25 bits per heavy atom. The molecule has 0 radical (unpaired) electrons. The van der Waals surface area contributed by atoms with Gasteiger partial charge in [-0.15, -0.1) is 0 Å². The highest BCUT2D eigenvalue weighted by molar-refractivity contribution is 5.87. The average molecular weight is 380 g/mol. The van der Waals surface area contributed by atoms with Crippen molar-refractivity contribution in [1.82, 2.24) is 20.0 Å². The summed E-state index contributed by atoms with van der Waals surface area (Å²) in [6, 6.07) is 14.4. The second kappa shape index (κ2) is 8.67. The third kappa shape index (κ3) is 4.37. The van der Waals surface area contributed by atoms with Crippen LogP contribution in [-0.2, 0) is 35.6 Å². The summed E-state index contributed by atoms with van der Waals surface area (Å²) in [5, 5.41) is 15.2. The van der Waals surface area contributed by atoms with Gasteiger partial charge in [0, 0.05) is 32.1 Å². The maximum Gasteiger partial charge on any atom is 0.290 e. The van der Waals surface area contributed by atoms with Crippen molar-refractivity contribution in [1.29, 1.82) is 0 Å². The number of fused-ring (bicyclic) bond motifs is 2. The van der Waals surface area contributed by atoms with Crippen molar-refractivity contribution in [2.75, 3.05) is 14.1 Å². The van der Waals surface area contributed by atoms with Gasteiger partial charge in [0.15, 0.2) is 0 Å². The van der Waals surface area contributed by atoms with Gasteiger partial charge in [0.25, 0.3) is 6.47 Å². The first-order valence-electron chi connectivity index (χ1n) is 9.05. The van der Waals surface area contributed by atoms with Crippen LogP contribution >= 0.6 is 0 Å². The molecule has 1 amide bonds. The van der Waals surface area contributed by atoms with E-state index in [9.17, 15) is 4.79 Å². The van der Waals surface area contributed by atoms with Crippen molar-refractivity contribution in [2.24, 2.45) is 0 Å². The van der Waals surface area contributed by atoms with Crippen molar-refractivity contribution in [2.45, 2.75) is 26.1 Å². The number of benzene rings is 2. The number of carbonyl (C=O) groups is 2. The first kappa shape index (κ1) is 19.6. The number of para-hydroxylation sites is 1. The molecule has 1 aromatic heterocycles. The first-order valence-corrected chi connectivity index (χ1v) is 9.05. The highest BCUT2D eigenvalue weighted by Crippen LogP contribution is 2.23. The smallest absolute Gasteiger partial charge is 0.290 e. The van der Waals surface area contributed by atoms with Gasteiger partial charge in [0.2, 0.25) is 5.91 Å². The van der Waals surface area contributed by atoms with Crippen LogP contribution in [0.25, 0.3) is 10.9 Å². The molecule has 0 spiro atoms. The minimum atomic E-state index is -0.250. The molecular formula is C21H24N4O3. The number of nitrogens with one attached hydrogen (secondary N) is 1. The molecule has 0 unspecified atom stereocenters. The van der Waals surface area contributed by atoms with Gasteiger partial charge in [-0.05, 0) is 29.8 Å². The number of likely N-dealkylation sites (N-methyl/N-ethyl adjacent to an activating group) is 1. The Hall–Kier alpha value is -3.19. The van der Waals surface area contributed by atoms with Gasteiger partial charge in [-0.2, -0.15) is 5.10 Å². The van der Waals surface area contributed by atoms with Gasteiger partial charge in [-0.3, -0.25) is 19.6 Å². The van der Waals surface area contributed by atoms with Crippen molar-refractivity contribution in [3.05, 3.63) is 64.8 Å². The molecule has 0 fully saturated rings. The second-order valence-electron chi connectivity index (χ2n) is 7.03. The van der Waals surface area contributed by atoms with Gasteiger partial charge in [0.1, 0.15) is 0 Å². The lowest BCUT2D eigenvalue weighted by Gasteiger charge is -2.17. The number of hydrogen-bond acceptors (Lipinski definition) is 4. The highest BCUT2D eigenvalue weighted by Gasteiger charge is 2.17. The Balaban J connectivity index is 0.000000706. The predicted molar refractivity (Wildman–Crippen MR) is 107 cm³/mol. The van der Waals surface area contributed by atoms with Crippen LogP contribution in [0.2, 0.25) is 0 Å². The zero-order valence-corrected chi connectivity index (χ0v) is 16.1. The topological polar surface area (TPSA) is 89.5 Å². The van der Waals surface area contributed by atoms with E-state index in [1.807, 2.05) is 31.3 Å². The molecule has 0 saturated heterocycles. The summed E-state index contributed by atoms with van der Waals surface area (Å²) in [5.74, 6) is 0.0898. The summed E-state index contributed by atoms with van der Waals surface area (Å²) >= 11 is 0. The van der Waals surface area contributed by atoms with Gasteiger partial charge in [-0.1, -0.05) is 36.4 Å². The van der Waals surface area contributed by atoms with E-state index in [1.165, 1.54) is 16.7 Å². The van der Waals surface area contributed by atoms with E-state index in [2.05, 4.69) is 40.3 Å². The quantitative estimate of drug-likeness (QED) is 0.679. The molecule has 4 rings (SSSR count). The summed E-state index contributed by atoms with van der Waals surface area (Å²) in [4.78, 5) is 25.1. The first-order chi connectivity index (χ1) is 13.5. The van der Waals surface area contributed by atoms with E-state index in [0.717, 1.165) is 29.7 Å². The molecule has 0 aliphatic carbocycles. The number of rotatable bonds is 4. The van der Waals surface area contributed by atoms with E-state index < -0.39 is 0 Å². The van der Waals surface area contributed by atoms with Gasteiger partial charge < -0.3 is 10.0 Å².